The van der Waals surface area contributed by atoms with Gasteiger partial charge in [0.2, 0.25) is 0 Å². The second kappa shape index (κ2) is 8.82. The molecule has 0 amide bonds. The van der Waals surface area contributed by atoms with Crippen molar-refractivity contribution < 1.29 is 8.95 Å². The number of methoxy groups -OCH3 is 1. The minimum atomic E-state index is -0.890. The number of fused-ring (bicyclic) bond motifs is 1. The lowest BCUT2D eigenvalue weighted by Gasteiger charge is -2.11. The highest BCUT2D eigenvalue weighted by Gasteiger charge is 2.16. The number of ether oxygens (including phenoxy) is 1. The summed E-state index contributed by atoms with van der Waals surface area (Å²) in [7, 11) is 0.747. The molecule has 0 aliphatic heterocycles. The summed E-state index contributed by atoms with van der Waals surface area (Å²) in [5.74, 6) is 1.91. The van der Waals surface area contributed by atoms with E-state index in [9.17, 15) is 4.21 Å². The van der Waals surface area contributed by atoms with Gasteiger partial charge in [-0.2, -0.15) is 0 Å². The van der Waals surface area contributed by atoms with Gasteiger partial charge in [0.25, 0.3) is 0 Å². The highest BCUT2D eigenvalue weighted by atomic mass is 32.2. The van der Waals surface area contributed by atoms with Crippen LogP contribution < -0.4 is 5.32 Å². The lowest BCUT2D eigenvalue weighted by Crippen LogP contribution is -2.02. The Balaban J connectivity index is 1.81. The molecular formula is C22H21N3O2S2. The molecule has 1 unspecified atom stereocenters. The molecule has 5 nitrogen and oxygen atoms in total. The molecule has 0 fully saturated rings. The standard InChI is InChI=1S/C22H21N3O2S2/c1-27-12-19-24-21(23-17-10-6-7-15(11-17)14-29(2)26)20-18(13-28-22(20)25-19)16-8-4-3-5-9-16/h3-11,13H,12,14H2,1-2H3,(H,23,24,25). The number of thiophene rings is 1. The first-order valence-electron chi connectivity index (χ1n) is 9.12. The smallest absolute Gasteiger partial charge is 0.158 e. The Labute approximate surface area is 176 Å². The van der Waals surface area contributed by atoms with Crippen LogP contribution in [0, 0.1) is 0 Å². The average Bonchev–Trinajstić information content (AvgIpc) is 3.13. The Hall–Kier alpha value is -2.61. The first kappa shape index (κ1) is 19.7. The van der Waals surface area contributed by atoms with Crippen LogP contribution in [0.4, 0.5) is 11.5 Å². The summed E-state index contributed by atoms with van der Waals surface area (Å²) in [6, 6.07) is 18.2. The maximum atomic E-state index is 11.6. The maximum Gasteiger partial charge on any atom is 0.158 e. The van der Waals surface area contributed by atoms with Gasteiger partial charge in [-0.15, -0.1) is 11.3 Å². The molecule has 0 saturated carbocycles. The number of benzene rings is 2. The van der Waals surface area contributed by atoms with E-state index in [1.807, 2.05) is 42.5 Å². The minimum absolute atomic E-state index is 0.345. The van der Waals surface area contributed by atoms with Crippen LogP contribution in [0.1, 0.15) is 11.4 Å². The number of anilines is 2. The predicted octanol–water partition coefficient (Wildman–Crippen LogP) is 5.13. The molecule has 0 aliphatic rings. The fraction of sp³-hybridized carbons (Fsp3) is 0.182. The lowest BCUT2D eigenvalue weighted by atomic mass is 10.1. The highest BCUT2D eigenvalue weighted by Crippen LogP contribution is 2.38. The van der Waals surface area contributed by atoms with Crippen molar-refractivity contribution in [3.8, 4) is 11.1 Å². The van der Waals surface area contributed by atoms with Crippen LogP contribution >= 0.6 is 11.3 Å². The predicted molar refractivity (Wildman–Crippen MR) is 121 cm³/mol. The summed E-state index contributed by atoms with van der Waals surface area (Å²) < 4.78 is 16.9. The molecule has 1 atom stereocenters. The first-order chi connectivity index (χ1) is 14.1. The van der Waals surface area contributed by atoms with E-state index in [4.69, 9.17) is 9.72 Å². The molecule has 0 aliphatic carbocycles. The number of nitrogens with one attached hydrogen (secondary N) is 1. The maximum absolute atomic E-state index is 11.6. The summed E-state index contributed by atoms with van der Waals surface area (Å²) in [6.45, 7) is 0.345. The Morgan fingerprint density at radius 3 is 2.69 bits per heavy atom. The largest absolute Gasteiger partial charge is 0.377 e. The van der Waals surface area contributed by atoms with E-state index < -0.39 is 10.8 Å². The molecule has 4 rings (SSSR count). The zero-order valence-corrected chi connectivity index (χ0v) is 17.8. The molecule has 2 aromatic carbocycles. The number of nitrogens with zero attached hydrogens (tertiary/aromatic N) is 2. The van der Waals surface area contributed by atoms with Crippen LogP contribution in [-0.4, -0.2) is 27.5 Å². The fourth-order valence-corrected chi connectivity index (χ4v) is 4.83. The van der Waals surface area contributed by atoms with Gasteiger partial charge >= 0.3 is 0 Å². The van der Waals surface area contributed by atoms with Gasteiger partial charge in [0.05, 0.1) is 5.39 Å². The molecule has 0 saturated heterocycles. The van der Waals surface area contributed by atoms with Crippen molar-refractivity contribution in [2.45, 2.75) is 12.4 Å². The van der Waals surface area contributed by atoms with Crippen molar-refractivity contribution in [2.75, 3.05) is 18.7 Å². The zero-order valence-electron chi connectivity index (χ0n) is 16.2. The van der Waals surface area contributed by atoms with Gasteiger partial charge in [-0.25, -0.2) is 9.97 Å². The second-order valence-electron chi connectivity index (χ2n) is 6.66. The second-order valence-corrected chi connectivity index (χ2v) is 8.95. The van der Waals surface area contributed by atoms with Crippen molar-refractivity contribution in [3.63, 3.8) is 0 Å². The number of hydrogen-bond acceptors (Lipinski definition) is 6. The number of aromatic nitrogens is 2. The monoisotopic (exact) mass is 423 g/mol. The molecule has 29 heavy (non-hydrogen) atoms. The summed E-state index contributed by atoms with van der Waals surface area (Å²) in [5, 5.41) is 6.57. The molecule has 0 radical (unpaired) electrons. The van der Waals surface area contributed by atoms with Crippen molar-refractivity contribution in [3.05, 3.63) is 71.4 Å². The lowest BCUT2D eigenvalue weighted by molar-refractivity contribution is 0.178. The molecule has 1 N–H and O–H groups in total. The van der Waals surface area contributed by atoms with Crippen LogP contribution in [0.25, 0.3) is 21.3 Å². The van der Waals surface area contributed by atoms with Gasteiger partial charge in [-0.05, 0) is 23.3 Å². The van der Waals surface area contributed by atoms with E-state index in [-0.39, 0.29) is 0 Å². The highest BCUT2D eigenvalue weighted by molar-refractivity contribution is 7.83. The fourth-order valence-electron chi connectivity index (χ4n) is 3.21. The quantitative estimate of drug-likeness (QED) is 0.447. The van der Waals surface area contributed by atoms with Gasteiger partial charge in [-0.3, -0.25) is 4.21 Å². The van der Waals surface area contributed by atoms with Gasteiger partial charge < -0.3 is 10.1 Å². The van der Waals surface area contributed by atoms with E-state index in [0.29, 0.717) is 18.2 Å². The summed E-state index contributed by atoms with van der Waals surface area (Å²) in [5.41, 5.74) is 4.15. The van der Waals surface area contributed by atoms with E-state index in [1.165, 1.54) is 0 Å². The molecule has 2 heterocycles. The molecule has 0 bridgehead atoms. The molecule has 148 valence electrons. The topological polar surface area (TPSA) is 64.1 Å². The third-order valence-electron chi connectivity index (χ3n) is 4.40. The SMILES string of the molecule is COCc1nc(Nc2cccc(CS(C)=O)c2)c2c(-c3ccccc3)csc2n1. The van der Waals surface area contributed by atoms with Gasteiger partial charge in [0, 0.05) is 46.5 Å². The van der Waals surface area contributed by atoms with E-state index in [2.05, 4.69) is 27.8 Å². The Morgan fingerprint density at radius 1 is 1.10 bits per heavy atom. The molecule has 0 spiro atoms. The van der Waals surface area contributed by atoms with E-state index in [0.717, 1.165) is 38.4 Å². The third-order valence-corrected chi connectivity index (χ3v) is 6.01. The minimum Gasteiger partial charge on any atom is -0.377 e. The van der Waals surface area contributed by atoms with Crippen LogP contribution in [0.2, 0.25) is 0 Å². The average molecular weight is 424 g/mol. The Bertz CT molecular complexity index is 1160. The molecule has 7 heteroatoms. The van der Waals surface area contributed by atoms with Crippen LogP contribution in [0.15, 0.2) is 60.0 Å². The van der Waals surface area contributed by atoms with Crippen molar-refractivity contribution in [1.82, 2.24) is 9.97 Å². The number of hydrogen-bond donors (Lipinski definition) is 1. The molecular weight excluding hydrogens is 402 g/mol. The van der Waals surface area contributed by atoms with E-state index >= 15 is 0 Å². The summed E-state index contributed by atoms with van der Waals surface area (Å²) in [4.78, 5) is 10.3. The van der Waals surface area contributed by atoms with Crippen LogP contribution in [0.5, 0.6) is 0 Å². The van der Waals surface area contributed by atoms with Crippen LogP contribution in [-0.2, 0) is 27.9 Å². The Morgan fingerprint density at radius 2 is 1.93 bits per heavy atom. The van der Waals surface area contributed by atoms with Crippen LogP contribution in [0.3, 0.4) is 0 Å². The third kappa shape index (κ3) is 4.53. The Kier molecular flexibility index (Phi) is 5.99. The van der Waals surface area contributed by atoms with Crippen molar-refractivity contribution >= 4 is 43.9 Å². The molecule has 4 aromatic rings. The van der Waals surface area contributed by atoms with E-state index in [1.54, 1.807) is 24.7 Å². The van der Waals surface area contributed by atoms with Gasteiger partial charge in [-0.1, -0.05) is 42.5 Å². The first-order valence-corrected chi connectivity index (χ1v) is 11.7. The van der Waals surface area contributed by atoms with Gasteiger partial charge in [0.15, 0.2) is 5.82 Å². The van der Waals surface area contributed by atoms with Crippen molar-refractivity contribution in [1.29, 1.82) is 0 Å². The molecule has 2 aromatic heterocycles. The summed E-state index contributed by atoms with van der Waals surface area (Å²) >= 11 is 1.60. The number of rotatable bonds is 7. The van der Waals surface area contributed by atoms with Gasteiger partial charge in [0.1, 0.15) is 17.3 Å². The normalized spacial score (nSPS) is 12.2. The zero-order chi connectivity index (χ0) is 20.2. The summed E-state index contributed by atoms with van der Waals surface area (Å²) in [6.07, 6.45) is 1.71. The van der Waals surface area contributed by atoms with Crippen molar-refractivity contribution in [2.24, 2.45) is 0 Å².